The summed E-state index contributed by atoms with van der Waals surface area (Å²) in [5.74, 6) is 0.695. The number of hydrogen-bond acceptors (Lipinski definition) is 4. The number of aliphatic hydroxyl groups is 1. The van der Waals surface area contributed by atoms with E-state index in [0.29, 0.717) is 12.4 Å². The third-order valence-electron chi connectivity index (χ3n) is 5.13. The topological polar surface area (TPSA) is 59.0 Å². The summed E-state index contributed by atoms with van der Waals surface area (Å²) in [7, 11) is 0. The van der Waals surface area contributed by atoms with Gasteiger partial charge in [0.1, 0.15) is 18.0 Å². The number of ether oxygens (including phenoxy) is 2. The second-order valence-corrected chi connectivity index (χ2v) is 8.67. The van der Waals surface area contributed by atoms with Gasteiger partial charge >= 0.3 is 6.09 Å². The fourth-order valence-corrected chi connectivity index (χ4v) is 3.71. The van der Waals surface area contributed by atoms with E-state index >= 15 is 0 Å². The van der Waals surface area contributed by atoms with Gasteiger partial charge in [0.25, 0.3) is 0 Å². The van der Waals surface area contributed by atoms with Crippen LogP contribution < -0.4 is 4.74 Å². The smallest absolute Gasteiger partial charge is 0.410 e. The molecule has 0 spiro atoms. The Labute approximate surface area is 173 Å². The Bertz CT molecular complexity index is 815. The molecule has 1 amide bonds. The largest absolute Gasteiger partial charge is 0.489 e. The number of benzene rings is 2. The van der Waals surface area contributed by atoms with Crippen LogP contribution in [0.2, 0.25) is 0 Å². The summed E-state index contributed by atoms with van der Waals surface area (Å²) < 4.78 is 11.5. The van der Waals surface area contributed by atoms with Gasteiger partial charge in [-0.1, -0.05) is 42.5 Å². The number of carbonyl (C=O) groups is 1. The van der Waals surface area contributed by atoms with Gasteiger partial charge in [-0.2, -0.15) is 0 Å². The first-order valence-electron chi connectivity index (χ1n) is 10.2. The molecule has 1 aliphatic rings. The van der Waals surface area contributed by atoms with Gasteiger partial charge < -0.3 is 14.6 Å². The summed E-state index contributed by atoms with van der Waals surface area (Å²) in [4.78, 5) is 14.4. The quantitative estimate of drug-likeness (QED) is 0.764. The third-order valence-corrected chi connectivity index (χ3v) is 5.13. The Balaban J connectivity index is 1.71. The second kappa shape index (κ2) is 8.87. The molecular weight excluding hydrogens is 366 g/mol. The molecular formula is C24H31NO4. The van der Waals surface area contributed by atoms with E-state index in [-0.39, 0.29) is 18.2 Å². The van der Waals surface area contributed by atoms with E-state index in [1.807, 2.05) is 82.3 Å². The van der Waals surface area contributed by atoms with Crippen molar-refractivity contribution in [3.05, 3.63) is 65.7 Å². The molecule has 5 nitrogen and oxygen atoms in total. The number of hydrogen-bond donors (Lipinski definition) is 1. The Morgan fingerprint density at radius 3 is 2.55 bits per heavy atom. The average molecular weight is 398 g/mol. The zero-order valence-electron chi connectivity index (χ0n) is 17.7. The lowest BCUT2D eigenvalue weighted by Crippen LogP contribution is -2.45. The molecule has 29 heavy (non-hydrogen) atoms. The summed E-state index contributed by atoms with van der Waals surface area (Å²) in [6.07, 6.45) is 0.401. The van der Waals surface area contributed by atoms with Gasteiger partial charge in [0, 0.05) is 6.04 Å². The summed E-state index contributed by atoms with van der Waals surface area (Å²) in [6, 6.07) is 17.1. The molecule has 0 aliphatic carbocycles. The molecule has 156 valence electrons. The highest BCUT2D eigenvalue weighted by atomic mass is 16.6. The number of aliphatic hydroxyl groups excluding tert-OH is 1. The maximum Gasteiger partial charge on any atom is 0.410 e. The molecule has 1 heterocycles. The maximum atomic E-state index is 12.7. The molecule has 0 bridgehead atoms. The predicted octanol–water partition coefficient (Wildman–Crippen LogP) is 5.09. The molecule has 1 aliphatic heterocycles. The summed E-state index contributed by atoms with van der Waals surface area (Å²) in [6.45, 7) is 8.01. The number of likely N-dealkylation sites (tertiary alicyclic amines) is 1. The monoisotopic (exact) mass is 397 g/mol. The van der Waals surface area contributed by atoms with Crippen LogP contribution in [0.25, 0.3) is 0 Å². The molecule has 3 atom stereocenters. The van der Waals surface area contributed by atoms with Gasteiger partial charge in [-0.05, 0) is 63.8 Å². The van der Waals surface area contributed by atoms with Crippen LogP contribution in [0.4, 0.5) is 4.79 Å². The Morgan fingerprint density at radius 1 is 1.14 bits per heavy atom. The maximum absolute atomic E-state index is 12.7. The average Bonchev–Trinajstić information content (AvgIpc) is 3.07. The van der Waals surface area contributed by atoms with Gasteiger partial charge in [-0.3, -0.25) is 4.90 Å². The van der Waals surface area contributed by atoms with Crippen molar-refractivity contribution in [2.24, 2.45) is 0 Å². The van der Waals surface area contributed by atoms with E-state index in [2.05, 4.69) is 0 Å². The first-order chi connectivity index (χ1) is 13.7. The number of amides is 1. The summed E-state index contributed by atoms with van der Waals surface area (Å²) in [5, 5.41) is 11.1. The molecule has 2 aromatic rings. The van der Waals surface area contributed by atoms with Crippen molar-refractivity contribution in [3.63, 3.8) is 0 Å². The zero-order chi connectivity index (χ0) is 21.0. The third kappa shape index (κ3) is 5.51. The van der Waals surface area contributed by atoms with E-state index in [1.54, 1.807) is 4.90 Å². The van der Waals surface area contributed by atoms with Gasteiger partial charge in [0.05, 0.1) is 12.1 Å². The van der Waals surface area contributed by atoms with E-state index in [0.717, 1.165) is 24.0 Å². The molecule has 0 unspecified atom stereocenters. The van der Waals surface area contributed by atoms with Crippen molar-refractivity contribution in [2.75, 3.05) is 0 Å². The summed E-state index contributed by atoms with van der Waals surface area (Å²) >= 11 is 0. The molecule has 2 aromatic carbocycles. The normalized spacial score (nSPS) is 20.4. The van der Waals surface area contributed by atoms with Gasteiger partial charge in [-0.25, -0.2) is 4.79 Å². The van der Waals surface area contributed by atoms with Crippen LogP contribution in [0.1, 0.15) is 57.8 Å². The zero-order valence-corrected chi connectivity index (χ0v) is 17.7. The number of rotatable bonds is 5. The fourth-order valence-electron chi connectivity index (χ4n) is 3.71. The molecule has 5 heteroatoms. The number of carbonyl (C=O) groups excluding carboxylic acids is 1. The van der Waals surface area contributed by atoms with Gasteiger partial charge in [-0.15, -0.1) is 0 Å². The predicted molar refractivity (Wildman–Crippen MR) is 113 cm³/mol. The van der Waals surface area contributed by atoms with Crippen LogP contribution in [-0.2, 0) is 11.3 Å². The molecule has 1 saturated heterocycles. The standard InChI is InChI=1S/C24H31NO4/c1-17-13-14-21(25(17)23(27)29-24(2,3)4)22(26)19-11-8-12-20(15-19)28-16-18-9-6-5-7-10-18/h5-12,15,17,21-22,26H,13-14,16H2,1-4H3/t17-,21-,22+/m0/s1. The second-order valence-electron chi connectivity index (χ2n) is 8.67. The minimum Gasteiger partial charge on any atom is -0.489 e. The van der Waals surface area contributed by atoms with Gasteiger partial charge in [0.15, 0.2) is 0 Å². The molecule has 1 N–H and O–H groups in total. The lowest BCUT2D eigenvalue weighted by Gasteiger charge is -2.33. The van der Waals surface area contributed by atoms with Crippen LogP contribution in [0.15, 0.2) is 54.6 Å². The lowest BCUT2D eigenvalue weighted by molar-refractivity contribution is -0.00293. The van der Waals surface area contributed by atoms with Crippen molar-refractivity contribution in [3.8, 4) is 5.75 Å². The molecule has 0 saturated carbocycles. The lowest BCUT2D eigenvalue weighted by atomic mass is 10.00. The van der Waals surface area contributed by atoms with Gasteiger partial charge in [0.2, 0.25) is 0 Å². The first-order valence-corrected chi connectivity index (χ1v) is 10.2. The van der Waals surface area contributed by atoms with E-state index in [9.17, 15) is 9.90 Å². The number of nitrogens with zero attached hydrogens (tertiary/aromatic N) is 1. The minimum atomic E-state index is -0.798. The van der Waals surface area contributed by atoms with Crippen molar-refractivity contribution < 1.29 is 19.4 Å². The van der Waals surface area contributed by atoms with Crippen molar-refractivity contribution in [2.45, 2.75) is 70.9 Å². The van der Waals surface area contributed by atoms with Crippen LogP contribution in [0, 0.1) is 0 Å². The molecule has 1 fully saturated rings. The minimum absolute atomic E-state index is 0.0296. The highest BCUT2D eigenvalue weighted by Gasteiger charge is 2.41. The van der Waals surface area contributed by atoms with E-state index in [1.165, 1.54) is 0 Å². The first kappa shape index (κ1) is 21.2. The van der Waals surface area contributed by atoms with Crippen molar-refractivity contribution >= 4 is 6.09 Å². The Hall–Kier alpha value is -2.53. The van der Waals surface area contributed by atoms with E-state index < -0.39 is 11.7 Å². The highest BCUT2D eigenvalue weighted by molar-refractivity contribution is 5.69. The van der Waals surface area contributed by atoms with Crippen LogP contribution in [0.3, 0.4) is 0 Å². The fraction of sp³-hybridized carbons (Fsp3) is 0.458. The van der Waals surface area contributed by atoms with Crippen LogP contribution in [-0.4, -0.2) is 33.8 Å². The Kier molecular flexibility index (Phi) is 6.48. The molecule has 0 radical (unpaired) electrons. The van der Waals surface area contributed by atoms with Crippen LogP contribution in [0.5, 0.6) is 5.75 Å². The highest BCUT2D eigenvalue weighted by Crippen LogP contribution is 2.35. The van der Waals surface area contributed by atoms with E-state index in [4.69, 9.17) is 9.47 Å². The molecule has 0 aromatic heterocycles. The Morgan fingerprint density at radius 2 is 1.86 bits per heavy atom. The van der Waals surface area contributed by atoms with Crippen molar-refractivity contribution in [1.29, 1.82) is 0 Å². The summed E-state index contributed by atoms with van der Waals surface area (Å²) in [5.41, 5.74) is 1.25. The molecule has 3 rings (SSSR count). The van der Waals surface area contributed by atoms with Crippen molar-refractivity contribution in [1.82, 2.24) is 4.90 Å². The SMILES string of the molecule is C[C@H]1CC[C@@H]([C@H](O)c2cccc(OCc3ccccc3)c2)N1C(=O)OC(C)(C)C. The van der Waals surface area contributed by atoms with Crippen LogP contribution >= 0.6 is 0 Å².